The second kappa shape index (κ2) is 8.47. The second-order valence-electron chi connectivity index (χ2n) is 6.66. The topological polar surface area (TPSA) is 73.9 Å². The number of amidine groups is 1. The molecule has 0 aliphatic carbocycles. The van der Waals surface area contributed by atoms with Crippen LogP contribution in [-0.4, -0.2) is 48.7 Å². The molecule has 1 unspecified atom stereocenters. The Balaban J connectivity index is 2.07. The van der Waals surface area contributed by atoms with Crippen LogP contribution in [-0.2, 0) is 0 Å². The lowest BCUT2D eigenvalue weighted by Crippen LogP contribution is -2.43. The zero-order chi connectivity index (χ0) is 15.0. The molecule has 20 heavy (non-hydrogen) atoms. The van der Waals surface area contributed by atoms with E-state index >= 15 is 0 Å². The van der Waals surface area contributed by atoms with E-state index in [2.05, 4.69) is 22.4 Å². The van der Waals surface area contributed by atoms with Gasteiger partial charge in [-0.1, -0.05) is 31.8 Å². The van der Waals surface area contributed by atoms with Gasteiger partial charge in [-0.2, -0.15) is 0 Å². The van der Waals surface area contributed by atoms with Crippen molar-refractivity contribution < 1.29 is 5.21 Å². The molecule has 1 fully saturated rings. The molecular formula is C15H32N4O. The Bertz CT molecular complexity index is 304. The number of likely N-dealkylation sites (N-methyl/N-ethyl adjacent to an activating group) is 1. The Morgan fingerprint density at radius 2 is 2.15 bits per heavy atom. The molecule has 1 saturated heterocycles. The van der Waals surface area contributed by atoms with E-state index in [4.69, 9.17) is 10.9 Å². The Morgan fingerprint density at radius 1 is 1.40 bits per heavy atom. The highest BCUT2D eigenvalue weighted by Crippen LogP contribution is 2.23. The molecule has 0 saturated carbocycles. The van der Waals surface area contributed by atoms with Crippen molar-refractivity contribution in [1.29, 1.82) is 0 Å². The number of nitrogens with one attached hydrogen (secondary N) is 1. The molecule has 0 aromatic carbocycles. The van der Waals surface area contributed by atoms with Crippen LogP contribution in [0.4, 0.5) is 0 Å². The number of piperidine rings is 1. The van der Waals surface area contributed by atoms with Gasteiger partial charge < -0.3 is 21.2 Å². The van der Waals surface area contributed by atoms with E-state index in [-0.39, 0.29) is 5.41 Å². The molecule has 1 heterocycles. The number of hydrogen-bond acceptors (Lipinski definition) is 4. The molecule has 4 N–H and O–H groups in total. The van der Waals surface area contributed by atoms with Gasteiger partial charge in [-0.05, 0) is 45.8 Å². The second-order valence-corrected chi connectivity index (χ2v) is 6.66. The van der Waals surface area contributed by atoms with E-state index in [0.29, 0.717) is 11.9 Å². The van der Waals surface area contributed by atoms with Crippen molar-refractivity contribution in [3.8, 4) is 0 Å². The van der Waals surface area contributed by atoms with Crippen LogP contribution in [0.15, 0.2) is 5.16 Å². The monoisotopic (exact) mass is 284 g/mol. The lowest BCUT2D eigenvalue weighted by Gasteiger charge is -2.32. The fourth-order valence-corrected chi connectivity index (χ4v) is 2.75. The van der Waals surface area contributed by atoms with E-state index in [1.807, 2.05) is 13.8 Å². The highest BCUT2D eigenvalue weighted by atomic mass is 16.4. The summed E-state index contributed by atoms with van der Waals surface area (Å²) < 4.78 is 0. The molecule has 1 rings (SSSR count). The van der Waals surface area contributed by atoms with E-state index in [9.17, 15) is 0 Å². The number of rotatable bonds is 8. The summed E-state index contributed by atoms with van der Waals surface area (Å²) >= 11 is 0. The molecule has 1 aliphatic rings. The number of hydrogen-bond donors (Lipinski definition) is 3. The molecular weight excluding hydrogens is 252 g/mol. The van der Waals surface area contributed by atoms with E-state index in [1.54, 1.807) is 0 Å². The van der Waals surface area contributed by atoms with E-state index in [0.717, 1.165) is 32.4 Å². The first kappa shape index (κ1) is 17.2. The van der Waals surface area contributed by atoms with Crippen molar-refractivity contribution in [1.82, 2.24) is 10.2 Å². The van der Waals surface area contributed by atoms with Crippen molar-refractivity contribution in [3.63, 3.8) is 0 Å². The van der Waals surface area contributed by atoms with Gasteiger partial charge in [0.25, 0.3) is 0 Å². The Morgan fingerprint density at radius 3 is 2.80 bits per heavy atom. The van der Waals surface area contributed by atoms with Crippen LogP contribution < -0.4 is 11.1 Å². The first-order valence-electron chi connectivity index (χ1n) is 7.86. The summed E-state index contributed by atoms with van der Waals surface area (Å²) in [6, 6.07) is 0.706. The molecule has 5 heteroatoms. The van der Waals surface area contributed by atoms with Gasteiger partial charge in [-0.3, -0.25) is 0 Å². The van der Waals surface area contributed by atoms with Crippen LogP contribution in [0.1, 0.15) is 52.4 Å². The summed E-state index contributed by atoms with van der Waals surface area (Å²) in [7, 11) is 2.23. The Labute approximate surface area is 123 Å². The molecule has 0 bridgehead atoms. The fourth-order valence-electron chi connectivity index (χ4n) is 2.75. The minimum Gasteiger partial charge on any atom is -0.409 e. The number of unbranched alkanes of at least 4 members (excludes halogenated alkanes) is 1. The smallest absolute Gasteiger partial charge is 0.144 e. The molecule has 0 amide bonds. The predicted molar refractivity (Wildman–Crippen MR) is 84.2 cm³/mol. The maximum Gasteiger partial charge on any atom is 0.144 e. The number of oxime groups is 1. The van der Waals surface area contributed by atoms with Gasteiger partial charge in [0.15, 0.2) is 0 Å². The summed E-state index contributed by atoms with van der Waals surface area (Å²) in [6.45, 7) is 7.43. The van der Waals surface area contributed by atoms with E-state index < -0.39 is 0 Å². The minimum absolute atomic E-state index is 0.210. The highest BCUT2D eigenvalue weighted by Gasteiger charge is 2.22. The Kier molecular flexibility index (Phi) is 7.30. The maximum absolute atomic E-state index is 8.73. The molecule has 0 radical (unpaired) electrons. The van der Waals surface area contributed by atoms with Gasteiger partial charge in [-0.15, -0.1) is 0 Å². The average Bonchev–Trinajstić information content (AvgIpc) is 2.43. The third kappa shape index (κ3) is 5.67. The SMILES string of the molecule is CN1CCCCC1CNCCCCC(C)(C)C(N)=NO. The molecule has 0 spiro atoms. The maximum atomic E-state index is 8.73. The minimum atomic E-state index is -0.210. The normalized spacial score (nSPS) is 22.1. The highest BCUT2D eigenvalue weighted by molar-refractivity contribution is 5.85. The van der Waals surface area contributed by atoms with Crippen molar-refractivity contribution >= 4 is 5.84 Å². The van der Waals surface area contributed by atoms with Gasteiger partial charge in [0.2, 0.25) is 0 Å². The van der Waals surface area contributed by atoms with Crippen LogP contribution in [0, 0.1) is 5.41 Å². The molecule has 1 aliphatic heterocycles. The first-order chi connectivity index (χ1) is 9.47. The summed E-state index contributed by atoms with van der Waals surface area (Å²) in [5.74, 6) is 0.328. The van der Waals surface area contributed by atoms with Crippen LogP contribution in [0.5, 0.6) is 0 Å². The first-order valence-corrected chi connectivity index (χ1v) is 7.86. The summed E-state index contributed by atoms with van der Waals surface area (Å²) in [4.78, 5) is 2.47. The van der Waals surface area contributed by atoms with Gasteiger partial charge in [0, 0.05) is 18.0 Å². The standard InChI is InChI=1S/C15H32N4O/c1-15(2,14(16)18-20)9-5-6-10-17-12-13-8-4-7-11-19(13)3/h13,17,20H,4-12H2,1-3H3,(H2,16,18). The average molecular weight is 284 g/mol. The van der Waals surface area contributed by atoms with Crippen LogP contribution in [0.2, 0.25) is 0 Å². The predicted octanol–water partition coefficient (Wildman–Crippen LogP) is 2.00. The largest absolute Gasteiger partial charge is 0.409 e. The zero-order valence-electron chi connectivity index (χ0n) is 13.4. The van der Waals surface area contributed by atoms with Gasteiger partial charge in [-0.25, -0.2) is 0 Å². The fraction of sp³-hybridized carbons (Fsp3) is 0.933. The van der Waals surface area contributed by atoms with E-state index in [1.165, 1.54) is 25.8 Å². The summed E-state index contributed by atoms with van der Waals surface area (Å²) in [5, 5.41) is 15.4. The lowest BCUT2D eigenvalue weighted by molar-refractivity contribution is 0.181. The van der Waals surface area contributed by atoms with Crippen molar-refractivity contribution in [3.05, 3.63) is 0 Å². The third-order valence-corrected chi connectivity index (χ3v) is 4.51. The summed E-state index contributed by atoms with van der Waals surface area (Å²) in [6.07, 6.45) is 7.21. The molecule has 5 nitrogen and oxygen atoms in total. The molecule has 0 aromatic rings. The van der Waals surface area contributed by atoms with Crippen LogP contribution >= 0.6 is 0 Å². The number of likely N-dealkylation sites (tertiary alicyclic amines) is 1. The van der Waals surface area contributed by atoms with Crippen LogP contribution in [0.3, 0.4) is 0 Å². The molecule has 118 valence electrons. The molecule has 1 atom stereocenters. The summed E-state index contributed by atoms with van der Waals surface area (Å²) in [5.41, 5.74) is 5.47. The number of nitrogens with two attached hydrogens (primary N) is 1. The third-order valence-electron chi connectivity index (χ3n) is 4.51. The van der Waals surface area contributed by atoms with Gasteiger partial charge >= 0.3 is 0 Å². The lowest BCUT2D eigenvalue weighted by atomic mass is 9.86. The van der Waals surface area contributed by atoms with Gasteiger partial charge in [0.1, 0.15) is 5.84 Å². The molecule has 0 aromatic heterocycles. The van der Waals surface area contributed by atoms with Crippen LogP contribution in [0.25, 0.3) is 0 Å². The van der Waals surface area contributed by atoms with Gasteiger partial charge in [0.05, 0.1) is 0 Å². The number of nitrogens with zero attached hydrogens (tertiary/aromatic N) is 2. The Hall–Kier alpha value is -0.810. The van der Waals surface area contributed by atoms with Crippen molar-refractivity contribution in [2.45, 2.75) is 58.4 Å². The quantitative estimate of drug-likeness (QED) is 0.209. The zero-order valence-corrected chi connectivity index (χ0v) is 13.4. The van der Waals surface area contributed by atoms with Crippen molar-refractivity contribution in [2.75, 3.05) is 26.7 Å². The van der Waals surface area contributed by atoms with Crippen molar-refractivity contribution in [2.24, 2.45) is 16.3 Å².